The number of nitrogens with zero attached hydrogens (tertiary/aromatic N) is 1. The fourth-order valence-corrected chi connectivity index (χ4v) is 3.46. The lowest BCUT2D eigenvalue weighted by Gasteiger charge is -2.19. The fourth-order valence-electron chi connectivity index (χ4n) is 3.46. The average Bonchev–Trinajstić information content (AvgIpc) is 2.80. The zero-order valence-corrected chi connectivity index (χ0v) is 15.4. The summed E-state index contributed by atoms with van der Waals surface area (Å²) in [5.41, 5.74) is 7.16. The largest absolute Gasteiger partial charge is 0.373 e. The first-order valence-corrected chi connectivity index (χ1v) is 8.56. The molecule has 25 heavy (non-hydrogen) atoms. The second kappa shape index (κ2) is 6.36. The molecule has 3 rings (SSSR count). The Hall–Kier alpha value is -2.62. The number of hydrogen-bond donors (Lipinski definition) is 1. The van der Waals surface area contributed by atoms with Crippen molar-refractivity contribution in [1.82, 2.24) is 0 Å². The van der Waals surface area contributed by atoms with Gasteiger partial charge in [0.1, 0.15) is 6.04 Å². The van der Waals surface area contributed by atoms with Crippen LogP contribution in [0, 0.1) is 34.6 Å². The number of imide groups is 1. The molecule has 1 fully saturated rings. The van der Waals surface area contributed by atoms with E-state index in [0.717, 1.165) is 27.9 Å². The van der Waals surface area contributed by atoms with E-state index in [1.54, 1.807) is 0 Å². The van der Waals surface area contributed by atoms with Crippen LogP contribution in [-0.2, 0) is 9.59 Å². The predicted molar refractivity (Wildman–Crippen MR) is 101 cm³/mol. The van der Waals surface area contributed by atoms with Gasteiger partial charge >= 0.3 is 0 Å². The molecule has 4 nitrogen and oxygen atoms in total. The van der Waals surface area contributed by atoms with E-state index in [-0.39, 0.29) is 18.2 Å². The van der Waals surface area contributed by atoms with Crippen molar-refractivity contribution < 1.29 is 9.59 Å². The molecule has 1 unspecified atom stereocenters. The van der Waals surface area contributed by atoms with Crippen LogP contribution in [0.5, 0.6) is 0 Å². The van der Waals surface area contributed by atoms with Crippen LogP contribution < -0.4 is 10.2 Å². The zero-order valence-electron chi connectivity index (χ0n) is 15.4. The summed E-state index contributed by atoms with van der Waals surface area (Å²) in [6, 6.07) is 9.32. The van der Waals surface area contributed by atoms with Crippen molar-refractivity contribution in [2.45, 2.75) is 47.1 Å². The van der Waals surface area contributed by atoms with Gasteiger partial charge in [0.15, 0.2) is 0 Å². The molecule has 0 spiro atoms. The third-order valence-corrected chi connectivity index (χ3v) is 4.89. The van der Waals surface area contributed by atoms with E-state index in [1.807, 2.05) is 45.9 Å². The van der Waals surface area contributed by atoms with Gasteiger partial charge in [-0.3, -0.25) is 9.59 Å². The van der Waals surface area contributed by atoms with Gasteiger partial charge in [-0.1, -0.05) is 23.8 Å². The van der Waals surface area contributed by atoms with Crippen LogP contribution >= 0.6 is 0 Å². The predicted octanol–water partition coefficient (Wildman–Crippen LogP) is 3.97. The Balaban J connectivity index is 1.88. The second-order valence-corrected chi connectivity index (χ2v) is 7.01. The standard InChI is InChI=1S/C21H24N2O2/c1-12-8-15(4)20(16(5)9-12)22-18-11-19(24)23(21(18)25)17-7-6-13(2)14(3)10-17/h6-10,18,22H,11H2,1-5H3. The van der Waals surface area contributed by atoms with E-state index >= 15 is 0 Å². The summed E-state index contributed by atoms with van der Waals surface area (Å²) in [5.74, 6) is -0.346. The Kier molecular flexibility index (Phi) is 4.38. The number of benzene rings is 2. The first kappa shape index (κ1) is 17.2. The van der Waals surface area contributed by atoms with Crippen LogP contribution in [0.25, 0.3) is 0 Å². The molecule has 2 amide bonds. The summed E-state index contributed by atoms with van der Waals surface area (Å²) < 4.78 is 0. The van der Waals surface area contributed by atoms with Crippen LogP contribution in [-0.4, -0.2) is 17.9 Å². The SMILES string of the molecule is Cc1cc(C)c(NC2CC(=O)N(c3ccc(C)c(C)c3)C2=O)c(C)c1. The molecule has 0 aromatic heterocycles. The highest BCUT2D eigenvalue weighted by Crippen LogP contribution is 2.29. The maximum absolute atomic E-state index is 12.8. The summed E-state index contributed by atoms with van der Waals surface area (Å²) in [5, 5.41) is 3.30. The summed E-state index contributed by atoms with van der Waals surface area (Å²) in [6.45, 7) is 10.1. The molecule has 1 saturated heterocycles. The van der Waals surface area contributed by atoms with Crippen LogP contribution in [0.4, 0.5) is 11.4 Å². The fraction of sp³-hybridized carbons (Fsp3) is 0.333. The molecule has 0 saturated carbocycles. The van der Waals surface area contributed by atoms with Crippen molar-refractivity contribution in [1.29, 1.82) is 0 Å². The molecule has 0 bridgehead atoms. The molecule has 1 N–H and O–H groups in total. The maximum Gasteiger partial charge on any atom is 0.256 e. The molecule has 4 heteroatoms. The minimum absolute atomic E-state index is 0.159. The van der Waals surface area contributed by atoms with Crippen molar-refractivity contribution in [3.8, 4) is 0 Å². The van der Waals surface area contributed by atoms with Gasteiger partial charge in [-0.2, -0.15) is 0 Å². The van der Waals surface area contributed by atoms with Crippen molar-refractivity contribution in [3.63, 3.8) is 0 Å². The second-order valence-electron chi connectivity index (χ2n) is 7.01. The average molecular weight is 336 g/mol. The normalized spacial score (nSPS) is 17.3. The van der Waals surface area contributed by atoms with Gasteiger partial charge in [0.05, 0.1) is 12.1 Å². The Morgan fingerprint density at radius 2 is 1.52 bits per heavy atom. The summed E-state index contributed by atoms with van der Waals surface area (Å²) in [6.07, 6.45) is 0.179. The number of amides is 2. The molecule has 1 atom stereocenters. The van der Waals surface area contributed by atoms with Crippen LogP contribution in [0.1, 0.15) is 34.2 Å². The minimum Gasteiger partial charge on any atom is -0.373 e. The smallest absolute Gasteiger partial charge is 0.256 e. The highest BCUT2D eigenvalue weighted by Gasteiger charge is 2.39. The van der Waals surface area contributed by atoms with E-state index in [9.17, 15) is 9.59 Å². The van der Waals surface area contributed by atoms with Crippen LogP contribution in [0.15, 0.2) is 30.3 Å². The van der Waals surface area contributed by atoms with Crippen LogP contribution in [0.2, 0.25) is 0 Å². The topological polar surface area (TPSA) is 49.4 Å². The summed E-state index contributed by atoms with van der Waals surface area (Å²) in [7, 11) is 0. The van der Waals surface area contributed by atoms with Gasteiger partial charge in [-0.15, -0.1) is 0 Å². The molecule has 2 aromatic rings. The third kappa shape index (κ3) is 3.16. The number of rotatable bonds is 3. The van der Waals surface area contributed by atoms with Crippen molar-refractivity contribution in [3.05, 3.63) is 58.1 Å². The molecule has 0 aliphatic carbocycles. The third-order valence-electron chi connectivity index (χ3n) is 4.89. The van der Waals surface area contributed by atoms with E-state index in [2.05, 4.69) is 24.4 Å². The van der Waals surface area contributed by atoms with Crippen molar-refractivity contribution in [2.24, 2.45) is 0 Å². The minimum atomic E-state index is -0.519. The molecule has 2 aromatic carbocycles. The van der Waals surface area contributed by atoms with Gasteiger partial charge in [0.2, 0.25) is 5.91 Å². The highest BCUT2D eigenvalue weighted by molar-refractivity contribution is 6.23. The first-order valence-electron chi connectivity index (χ1n) is 8.56. The zero-order chi connectivity index (χ0) is 18.3. The Bertz CT molecular complexity index is 847. The first-order chi connectivity index (χ1) is 11.8. The molecule has 0 radical (unpaired) electrons. The molecular weight excluding hydrogens is 312 g/mol. The number of anilines is 2. The lowest BCUT2D eigenvalue weighted by molar-refractivity contribution is -0.121. The molecule has 1 heterocycles. The monoisotopic (exact) mass is 336 g/mol. The van der Waals surface area contributed by atoms with E-state index < -0.39 is 6.04 Å². The Morgan fingerprint density at radius 1 is 0.880 bits per heavy atom. The van der Waals surface area contributed by atoms with Gasteiger partial charge in [0.25, 0.3) is 5.91 Å². The number of hydrogen-bond acceptors (Lipinski definition) is 3. The number of carbonyl (C=O) groups is 2. The Morgan fingerprint density at radius 3 is 2.12 bits per heavy atom. The quantitative estimate of drug-likeness (QED) is 0.863. The molecular formula is C21H24N2O2. The van der Waals surface area contributed by atoms with Gasteiger partial charge in [-0.25, -0.2) is 4.90 Å². The van der Waals surface area contributed by atoms with Gasteiger partial charge in [-0.05, 0) is 69.0 Å². The summed E-state index contributed by atoms with van der Waals surface area (Å²) in [4.78, 5) is 26.6. The van der Waals surface area contributed by atoms with Crippen LogP contribution in [0.3, 0.4) is 0 Å². The highest BCUT2D eigenvalue weighted by atomic mass is 16.2. The van der Waals surface area contributed by atoms with Crippen molar-refractivity contribution >= 4 is 23.2 Å². The van der Waals surface area contributed by atoms with Gasteiger partial charge < -0.3 is 5.32 Å². The van der Waals surface area contributed by atoms with Crippen molar-refractivity contribution in [2.75, 3.05) is 10.2 Å². The number of carbonyl (C=O) groups excluding carboxylic acids is 2. The number of nitrogens with one attached hydrogen (secondary N) is 1. The lowest BCUT2D eigenvalue weighted by Crippen LogP contribution is -2.35. The summed E-state index contributed by atoms with van der Waals surface area (Å²) >= 11 is 0. The molecule has 1 aliphatic heterocycles. The van der Waals surface area contributed by atoms with E-state index in [4.69, 9.17) is 0 Å². The Labute approximate surface area is 148 Å². The van der Waals surface area contributed by atoms with E-state index in [0.29, 0.717) is 5.69 Å². The molecule has 130 valence electrons. The number of aryl methyl sites for hydroxylation is 5. The van der Waals surface area contributed by atoms with E-state index in [1.165, 1.54) is 10.5 Å². The van der Waals surface area contributed by atoms with Gasteiger partial charge in [0, 0.05) is 5.69 Å². The molecule has 1 aliphatic rings. The maximum atomic E-state index is 12.8. The lowest BCUT2D eigenvalue weighted by atomic mass is 10.0.